The van der Waals surface area contributed by atoms with Crippen molar-refractivity contribution in [2.75, 3.05) is 0 Å². The molecule has 0 spiro atoms. The summed E-state index contributed by atoms with van der Waals surface area (Å²) in [6.07, 6.45) is 2.12. The molecule has 0 N–H and O–H groups in total. The van der Waals surface area contributed by atoms with E-state index < -0.39 is 29.7 Å². The fraction of sp³-hybridized carbons (Fsp3) is 0.409. The highest BCUT2D eigenvalue weighted by Gasteiger charge is 2.34. The zero-order chi connectivity index (χ0) is 22.9. The maximum atomic E-state index is 14.5. The first-order chi connectivity index (χ1) is 15.2. The normalized spacial score (nSPS) is 15.2. The molecule has 0 radical (unpaired) electrons. The molecule has 0 saturated heterocycles. The van der Waals surface area contributed by atoms with Crippen molar-refractivity contribution < 1.29 is 17.6 Å². The number of aryl methyl sites for hydroxylation is 1. The molecule has 1 aliphatic carbocycles. The number of rotatable bonds is 4. The zero-order valence-corrected chi connectivity index (χ0v) is 17.4. The van der Waals surface area contributed by atoms with Gasteiger partial charge in [0.2, 0.25) is 0 Å². The summed E-state index contributed by atoms with van der Waals surface area (Å²) in [5, 5.41) is 4.18. The highest BCUT2D eigenvalue weighted by atomic mass is 19.4. The van der Waals surface area contributed by atoms with Crippen molar-refractivity contribution in [3.8, 4) is 11.4 Å². The summed E-state index contributed by atoms with van der Waals surface area (Å²) in [6.45, 7) is 1.10. The summed E-state index contributed by atoms with van der Waals surface area (Å²) in [5.74, 6) is -0.484. The second kappa shape index (κ2) is 8.76. The third kappa shape index (κ3) is 4.53. The summed E-state index contributed by atoms with van der Waals surface area (Å²) < 4.78 is 55.8. The minimum Gasteiger partial charge on any atom is -0.267 e. The van der Waals surface area contributed by atoms with Crippen LogP contribution >= 0.6 is 0 Å². The minimum absolute atomic E-state index is 0.0685. The van der Waals surface area contributed by atoms with Crippen LogP contribution in [0.3, 0.4) is 0 Å². The lowest BCUT2D eigenvalue weighted by Gasteiger charge is -2.22. The summed E-state index contributed by atoms with van der Waals surface area (Å²) in [6, 6.07) is 3.61. The summed E-state index contributed by atoms with van der Waals surface area (Å²) >= 11 is 0. The molecule has 3 heterocycles. The van der Waals surface area contributed by atoms with Crippen LogP contribution < -0.4 is 5.56 Å². The first kappa shape index (κ1) is 22.0. The van der Waals surface area contributed by atoms with Crippen molar-refractivity contribution in [1.29, 1.82) is 0 Å². The third-order valence-corrected chi connectivity index (χ3v) is 5.65. The Labute approximate surface area is 181 Å². The second-order valence-electron chi connectivity index (χ2n) is 7.89. The predicted molar refractivity (Wildman–Crippen MR) is 108 cm³/mol. The monoisotopic (exact) mass is 447 g/mol. The van der Waals surface area contributed by atoms with Crippen LogP contribution in [0.5, 0.6) is 0 Å². The number of aromatic nitrogens is 5. The van der Waals surface area contributed by atoms with Crippen LogP contribution in [0, 0.1) is 12.7 Å². The summed E-state index contributed by atoms with van der Waals surface area (Å²) in [7, 11) is 0. The molecule has 32 heavy (non-hydrogen) atoms. The van der Waals surface area contributed by atoms with Gasteiger partial charge in [-0.15, -0.1) is 0 Å². The topological polar surface area (TPSA) is 73.6 Å². The fourth-order valence-corrected chi connectivity index (χ4v) is 4.09. The molecule has 0 atom stereocenters. The van der Waals surface area contributed by atoms with Gasteiger partial charge < -0.3 is 0 Å². The van der Waals surface area contributed by atoms with Gasteiger partial charge in [-0.2, -0.15) is 18.3 Å². The van der Waals surface area contributed by atoms with Gasteiger partial charge in [-0.3, -0.25) is 9.78 Å². The van der Waals surface area contributed by atoms with Crippen molar-refractivity contribution in [2.45, 2.75) is 57.7 Å². The van der Waals surface area contributed by atoms with E-state index in [-0.39, 0.29) is 23.0 Å². The Balaban J connectivity index is 1.87. The lowest BCUT2D eigenvalue weighted by Crippen LogP contribution is -2.30. The number of halogens is 4. The van der Waals surface area contributed by atoms with E-state index in [2.05, 4.69) is 20.1 Å². The van der Waals surface area contributed by atoms with Crippen molar-refractivity contribution in [1.82, 2.24) is 24.7 Å². The number of hydrogen-bond donors (Lipinski definition) is 0. The average Bonchev–Trinajstić information content (AvgIpc) is 2.77. The Morgan fingerprint density at radius 2 is 1.91 bits per heavy atom. The molecule has 4 rings (SSSR count). The van der Waals surface area contributed by atoms with Crippen molar-refractivity contribution in [2.24, 2.45) is 0 Å². The molecule has 168 valence electrons. The van der Waals surface area contributed by atoms with Crippen molar-refractivity contribution >= 4 is 0 Å². The molecular weight excluding hydrogens is 426 g/mol. The van der Waals surface area contributed by atoms with Gasteiger partial charge in [0.15, 0.2) is 5.82 Å². The van der Waals surface area contributed by atoms with Gasteiger partial charge in [-0.1, -0.05) is 19.3 Å². The van der Waals surface area contributed by atoms with E-state index in [9.17, 15) is 22.4 Å². The van der Waals surface area contributed by atoms with E-state index in [1.807, 2.05) is 0 Å². The first-order valence-corrected chi connectivity index (χ1v) is 10.4. The quantitative estimate of drug-likeness (QED) is 0.544. The Morgan fingerprint density at radius 3 is 2.62 bits per heavy atom. The molecule has 0 unspecified atom stereocenters. The highest BCUT2D eigenvalue weighted by Crippen LogP contribution is 2.33. The van der Waals surface area contributed by atoms with E-state index in [0.29, 0.717) is 11.4 Å². The molecule has 1 saturated carbocycles. The number of hydrogen-bond acceptors (Lipinski definition) is 5. The van der Waals surface area contributed by atoms with E-state index in [1.54, 1.807) is 6.92 Å². The summed E-state index contributed by atoms with van der Waals surface area (Å²) in [5.41, 5.74) is -1.37. The van der Waals surface area contributed by atoms with E-state index >= 15 is 0 Å². The van der Waals surface area contributed by atoms with Crippen LogP contribution in [0.15, 0.2) is 35.4 Å². The molecule has 0 aromatic carbocycles. The van der Waals surface area contributed by atoms with Crippen LogP contribution in [-0.4, -0.2) is 24.7 Å². The minimum atomic E-state index is -4.63. The second-order valence-corrected chi connectivity index (χ2v) is 7.89. The number of pyridine rings is 1. The standard InChI is InChI=1S/C22H21F4N5O/c1-13-28-11-17(23)20(29-13)18-10-15(14-6-3-2-4-7-14)21(32)31(30-18)12-19-16(22(24,25)26)8-5-9-27-19/h5,8-11,14H,2-4,6-7,12H2,1H3. The van der Waals surface area contributed by atoms with Crippen molar-refractivity contribution in [3.63, 3.8) is 0 Å². The van der Waals surface area contributed by atoms with Gasteiger partial charge in [0, 0.05) is 11.8 Å². The van der Waals surface area contributed by atoms with Crippen LogP contribution in [0.25, 0.3) is 11.4 Å². The van der Waals surface area contributed by atoms with Gasteiger partial charge in [0.25, 0.3) is 5.56 Å². The molecule has 0 aliphatic heterocycles. The lowest BCUT2D eigenvalue weighted by atomic mass is 9.84. The molecule has 6 nitrogen and oxygen atoms in total. The van der Waals surface area contributed by atoms with E-state index in [0.717, 1.165) is 49.0 Å². The Kier molecular flexibility index (Phi) is 6.03. The Hall–Kier alpha value is -3.17. The smallest absolute Gasteiger partial charge is 0.267 e. The van der Waals surface area contributed by atoms with Gasteiger partial charge in [0.1, 0.15) is 17.2 Å². The number of nitrogens with zero attached hydrogens (tertiary/aromatic N) is 5. The molecule has 1 aliphatic rings. The molecule has 0 bridgehead atoms. The van der Waals surface area contributed by atoms with Crippen LogP contribution in [-0.2, 0) is 12.7 Å². The maximum Gasteiger partial charge on any atom is 0.418 e. The lowest BCUT2D eigenvalue weighted by molar-refractivity contribution is -0.138. The molecule has 10 heteroatoms. The first-order valence-electron chi connectivity index (χ1n) is 10.4. The number of alkyl halides is 3. The largest absolute Gasteiger partial charge is 0.418 e. The third-order valence-electron chi connectivity index (χ3n) is 5.65. The van der Waals surface area contributed by atoms with Crippen molar-refractivity contribution in [3.05, 3.63) is 69.4 Å². The SMILES string of the molecule is Cc1ncc(F)c(-c2cc(C3CCCCC3)c(=O)n(Cc3ncccc3C(F)(F)F)n2)n1. The predicted octanol–water partition coefficient (Wildman–Crippen LogP) is 4.66. The summed E-state index contributed by atoms with van der Waals surface area (Å²) in [4.78, 5) is 25.0. The van der Waals surface area contributed by atoms with Crippen LogP contribution in [0.2, 0.25) is 0 Å². The highest BCUT2D eigenvalue weighted by molar-refractivity contribution is 5.55. The van der Waals surface area contributed by atoms with Crippen LogP contribution in [0.1, 0.15) is 60.7 Å². The molecule has 3 aromatic heterocycles. The van der Waals surface area contributed by atoms with Gasteiger partial charge in [-0.25, -0.2) is 19.0 Å². The fourth-order valence-electron chi connectivity index (χ4n) is 4.09. The molecule has 3 aromatic rings. The van der Waals surface area contributed by atoms with Gasteiger partial charge in [-0.05, 0) is 43.9 Å². The molecule has 1 fully saturated rings. The molecule has 0 amide bonds. The van der Waals surface area contributed by atoms with Gasteiger partial charge in [0.05, 0.1) is 24.0 Å². The average molecular weight is 447 g/mol. The van der Waals surface area contributed by atoms with E-state index in [1.165, 1.54) is 18.3 Å². The Morgan fingerprint density at radius 1 is 1.16 bits per heavy atom. The molecular formula is C22H21F4N5O. The Bertz CT molecular complexity index is 1190. The zero-order valence-electron chi connectivity index (χ0n) is 17.4. The van der Waals surface area contributed by atoms with Gasteiger partial charge >= 0.3 is 6.18 Å². The van der Waals surface area contributed by atoms with E-state index in [4.69, 9.17) is 0 Å². The maximum absolute atomic E-state index is 14.5. The van der Waals surface area contributed by atoms with Crippen LogP contribution in [0.4, 0.5) is 17.6 Å².